The summed E-state index contributed by atoms with van der Waals surface area (Å²) < 4.78 is 6.04. The molecule has 16 heavy (non-hydrogen) atoms. The maximum atomic E-state index is 12.4. The van der Waals surface area contributed by atoms with Crippen LogP contribution in [0.2, 0.25) is 0 Å². The molecular weight excluding hydrogens is 270 g/mol. The number of benzene rings is 1. The molecule has 0 aliphatic carbocycles. The van der Waals surface area contributed by atoms with Crippen molar-refractivity contribution in [3.63, 3.8) is 0 Å². The average molecular weight is 284 g/mol. The summed E-state index contributed by atoms with van der Waals surface area (Å²) in [6, 6.07) is 5.72. The first-order valence-electron chi connectivity index (χ1n) is 5.18. The second kappa shape index (κ2) is 4.28. The normalized spacial score (nSPS) is 17.9. The van der Waals surface area contributed by atoms with Crippen molar-refractivity contribution in [3.05, 3.63) is 33.8 Å². The summed E-state index contributed by atoms with van der Waals surface area (Å²) in [5.74, 6) is 0.0973. The summed E-state index contributed by atoms with van der Waals surface area (Å²) in [4.78, 5) is 12.4. The second-order valence-electron chi connectivity index (χ2n) is 4.27. The van der Waals surface area contributed by atoms with Crippen LogP contribution in [0, 0.1) is 12.3 Å². The van der Waals surface area contributed by atoms with Gasteiger partial charge in [0.25, 0.3) is 0 Å². The summed E-state index contributed by atoms with van der Waals surface area (Å²) in [6.45, 7) is 3.16. The Hall–Kier alpha value is -0.710. The van der Waals surface area contributed by atoms with E-state index >= 15 is 0 Å². The number of rotatable bonds is 3. The molecule has 4 heteroatoms. The highest BCUT2D eigenvalue weighted by atomic mass is 79.9. The zero-order valence-electron chi connectivity index (χ0n) is 9.13. The molecule has 0 saturated carbocycles. The van der Waals surface area contributed by atoms with Gasteiger partial charge < -0.3 is 10.5 Å². The van der Waals surface area contributed by atoms with E-state index in [1.807, 2.05) is 25.1 Å². The van der Waals surface area contributed by atoms with Gasteiger partial charge in [-0.2, -0.15) is 0 Å². The lowest BCUT2D eigenvalue weighted by atomic mass is 9.77. The predicted octanol–water partition coefficient (Wildman–Crippen LogP) is 1.92. The van der Waals surface area contributed by atoms with Crippen molar-refractivity contribution in [2.45, 2.75) is 6.92 Å². The first kappa shape index (κ1) is 11.8. The number of carbonyl (C=O) groups is 1. The quantitative estimate of drug-likeness (QED) is 0.863. The summed E-state index contributed by atoms with van der Waals surface area (Å²) in [6.07, 6.45) is 0. The van der Waals surface area contributed by atoms with Gasteiger partial charge in [0.15, 0.2) is 5.78 Å². The Labute approximate surface area is 103 Å². The standard InChI is InChI=1S/C12H14BrNO2/c1-8-2-3-9(13)4-10(8)11(15)12(5-14)6-16-7-12/h2-4H,5-7,14H2,1H3. The van der Waals surface area contributed by atoms with E-state index < -0.39 is 5.41 Å². The van der Waals surface area contributed by atoms with Crippen molar-refractivity contribution in [1.29, 1.82) is 0 Å². The van der Waals surface area contributed by atoms with Crippen molar-refractivity contribution in [3.8, 4) is 0 Å². The largest absolute Gasteiger partial charge is 0.379 e. The van der Waals surface area contributed by atoms with Crippen LogP contribution in [-0.4, -0.2) is 25.5 Å². The number of ether oxygens (including phenoxy) is 1. The van der Waals surface area contributed by atoms with Crippen LogP contribution in [0.1, 0.15) is 15.9 Å². The topological polar surface area (TPSA) is 52.3 Å². The monoisotopic (exact) mass is 283 g/mol. The van der Waals surface area contributed by atoms with E-state index in [0.29, 0.717) is 19.8 Å². The van der Waals surface area contributed by atoms with Crippen molar-refractivity contribution >= 4 is 21.7 Å². The third kappa shape index (κ3) is 1.81. The van der Waals surface area contributed by atoms with E-state index in [0.717, 1.165) is 15.6 Å². The molecule has 0 amide bonds. The molecule has 86 valence electrons. The van der Waals surface area contributed by atoms with Gasteiger partial charge in [-0.15, -0.1) is 0 Å². The van der Waals surface area contributed by atoms with Crippen molar-refractivity contribution in [1.82, 2.24) is 0 Å². The third-order valence-corrected chi connectivity index (χ3v) is 3.57. The van der Waals surface area contributed by atoms with Crippen LogP contribution in [0.4, 0.5) is 0 Å². The fourth-order valence-corrected chi connectivity index (χ4v) is 2.18. The zero-order chi connectivity index (χ0) is 11.8. The molecule has 1 aliphatic rings. The Morgan fingerprint density at radius 1 is 1.56 bits per heavy atom. The fourth-order valence-electron chi connectivity index (χ4n) is 1.81. The molecule has 3 nitrogen and oxygen atoms in total. The van der Waals surface area contributed by atoms with E-state index in [-0.39, 0.29) is 5.78 Å². The molecule has 1 aromatic carbocycles. The molecule has 0 spiro atoms. The highest BCUT2D eigenvalue weighted by Crippen LogP contribution is 2.32. The van der Waals surface area contributed by atoms with Gasteiger partial charge in [-0.1, -0.05) is 22.0 Å². The SMILES string of the molecule is Cc1ccc(Br)cc1C(=O)C1(CN)COC1. The highest BCUT2D eigenvalue weighted by Gasteiger charge is 2.45. The van der Waals surface area contributed by atoms with E-state index in [1.165, 1.54) is 0 Å². The van der Waals surface area contributed by atoms with Crippen LogP contribution in [0.15, 0.2) is 22.7 Å². The number of ketones is 1. The Morgan fingerprint density at radius 2 is 2.25 bits per heavy atom. The predicted molar refractivity (Wildman–Crippen MR) is 65.5 cm³/mol. The second-order valence-corrected chi connectivity index (χ2v) is 5.18. The van der Waals surface area contributed by atoms with Crippen molar-refractivity contribution in [2.75, 3.05) is 19.8 Å². The molecule has 1 saturated heterocycles. The van der Waals surface area contributed by atoms with Gasteiger partial charge in [-0.3, -0.25) is 4.79 Å². The Kier molecular flexibility index (Phi) is 3.15. The third-order valence-electron chi connectivity index (χ3n) is 3.07. The lowest BCUT2D eigenvalue weighted by Gasteiger charge is -2.39. The maximum absolute atomic E-state index is 12.4. The Bertz CT molecular complexity index is 422. The molecule has 1 aromatic rings. The first-order valence-corrected chi connectivity index (χ1v) is 5.97. The van der Waals surface area contributed by atoms with Crippen LogP contribution in [-0.2, 0) is 4.74 Å². The highest BCUT2D eigenvalue weighted by molar-refractivity contribution is 9.10. The molecule has 1 aliphatic heterocycles. The van der Waals surface area contributed by atoms with Crippen LogP contribution < -0.4 is 5.73 Å². The summed E-state index contributed by atoms with van der Waals surface area (Å²) >= 11 is 3.38. The smallest absolute Gasteiger partial charge is 0.175 e. The Balaban J connectivity index is 2.37. The average Bonchev–Trinajstić information content (AvgIpc) is 2.21. The molecule has 0 unspecified atom stereocenters. The summed E-state index contributed by atoms with van der Waals surface area (Å²) in [5.41, 5.74) is 6.91. The molecule has 1 fully saturated rings. The number of hydrogen-bond donors (Lipinski definition) is 1. The summed E-state index contributed by atoms with van der Waals surface area (Å²) in [7, 11) is 0. The number of aryl methyl sites for hydroxylation is 1. The molecule has 0 atom stereocenters. The molecule has 0 bridgehead atoms. The number of carbonyl (C=O) groups excluding carboxylic acids is 1. The molecule has 2 rings (SSSR count). The van der Waals surface area contributed by atoms with Gasteiger partial charge in [-0.05, 0) is 24.6 Å². The number of Topliss-reactive ketones (excluding diaryl/α,β-unsaturated/α-hetero) is 1. The first-order chi connectivity index (χ1) is 7.59. The molecular formula is C12H14BrNO2. The molecule has 0 radical (unpaired) electrons. The minimum atomic E-state index is -0.494. The van der Waals surface area contributed by atoms with Gasteiger partial charge in [0.1, 0.15) is 0 Å². The van der Waals surface area contributed by atoms with Crippen LogP contribution in [0.25, 0.3) is 0 Å². The van der Waals surface area contributed by atoms with Gasteiger partial charge in [0.05, 0.1) is 18.6 Å². The van der Waals surface area contributed by atoms with Gasteiger partial charge in [0.2, 0.25) is 0 Å². The van der Waals surface area contributed by atoms with Crippen molar-refractivity contribution in [2.24, 2.45) is 11.1 Å². The minimum Gasteiger partial charge on any atom is -0.379 e. The number of nitrogens with two attached hydrogens (primary N) is 1. The van der Waals surface area contributed by atoms with Crippen LogP contribution in [0.3, 0.4) is 0 Å². The zero-order valence-corrected chi connectivity index (χ0v) is 10.7. The van der Waals surface area contributed by atoms with Crippen LogP contribution in [0.5, 0.6) is 0 Å². The Morgan fingerprint density at radius 3 is 2.75 bits per heavy atom. The molecule has 1 heterocycles. The number of hydrogen-bond acceptors (Lipinski definition) is 3. The lowest BCUT2D eigenvalue weighted by Crippen LogP contribution is -2.54. The van der Waals surface area contributed by atoms with E-state index in [1.54, 1.807) is 0 Å². The fraction of sp³-hybridized carbons (Fsp3) is 0.417. The van der Waals surface area contributed by atoms with Crippen LogP contribution >= 0.6 is 15.9 Å². The van der Waals surface area contributed by atoms with Gasteiger partial charge in [-0.25, -0.2) is 0 Å². The van der Waals surface area contributed by atoms with E-state index in [9.17, 15) is 4.79 Å². The molecule has 0 aromatic heterocycles. The van der Waals surface area contributed by atoms with E-state index in [2.05, 4.69) is 15.9 Å². The number of halogens is 1. The van der Waals surface area contributed by atoms with E-state index in [4.69, 9.17) is 10.5 Å². The summed E-state index contributed by atoms with van der Waals surface area (Å²) in [5, 5.41) is 0. The lowest BCUT2D eigenvalue weighted by molar-refractivity contribution is -0.0816. The van der Waals surface area contributed by atoms with Gasteiger partial charge >= 0.3 is 0 Å². The maximum Gasteiger partial charge on any atom is 0.175 e. The van der Waals surface area contributed by atoms with Crippen molar-refractivity contribution < 1.29 is 9.53 Å². The minimum absolute atomic E-state index is 0.0973. The molecule has 2 N–H and O–H groups in total. The van der Waals surface area contributed by atoms with Gasteiger partial charge in [0, 0.05) is 16.6 Å².